The second kappa shape index (κ2) is 11.1. The number of esters is 1. The molecule has 0 bridgehead atoms. The summed E-state index contributed by atoms with van der Waals surface area (Å²) >= 11 is 3.36. The first-order valence-corrected chi connectivity index (χ1v) is 12.2. The Morgan fingerprint density at radius 2 is 1.83 bits per heavy atom. The van der Waals surface area contributed by atoms with E-state index in [9.17, 15) is 10.1 Å². The van der Waals surface area contributed by atoms with Gasteiger partial charge in [-0.2, -0.15) is 5.26 Å². The highest BCUT2D eigenvalue weighted by atomic mass is 79.9. The Morgan fingerprint density at radius 3 is 2.54 bits per heavy atom. The molecule has 0 radical (unpaired) electrons. The first kappa shape index (κ1) is 24.4. The van der Waals surface area contributed by atoms with Crippen LogP contribution in [-0.2, 0) is 0 Å². The minimum Gasteiger partial charge on any atom is -0.494 e. The van der Waals surface area contributed by atoms with Gasteiger partial charge >= 0.3 is 5.97 Å². The molecule has 0 aromatic heterocycles. The molecule has 0 aliphatic carbocycles. The molecule has 0 spiro atoms. The zero-order valence-corrected chi connectivity index (χ0v) is 20.9. The van der Waals surface area contributed by atoms with E-state index in [0.29, 0.717) is 33.7 Å². The molecule has 178 valence electrons. The average molecular weight is 533 g/mol. The summed E-state index contributed by atoms with van der Waals surface area (Å²) in [6, 6.07) is 22.0. The maximum absolute atomic E-state index is 12.6. The summed E-state index contributed by atoms with van der Waals surface area (Å²) < 4.78 is 17.8. The number of hydrogen-bond acceptors (Lipinski definition) is 6. The number of carbonyl (C=O) groups excluding carboxylic acids is 1. The number of benzene rings is 3. The van der Waals surface area contributed by atoms with Crippen LogP contribution in [0, 0.1) is 11.3 Å². The van der Waals surface area contributed by atoms with Crippen LogP contribution in [0.2, 0.25) is 0 Å². The molecule has 1 atom stereocenters. The summed E-state index contributed by atoms with van der Waals surface area (Å²) in [6.07, 6.45) is 3.28. The van der Waals surface area contributed by atoms with Crippen molar-refractivity contribution in [2.75, 3.05) is 6.61 Å². The second-order valence-electron chi connectivity index (χ2n) is 8.12. The van der Waals surface area contributed by atoms with Crippen LogP contribution in [0.3, 0.4) is 0 Å². The maximum atomic E-state index is 12.6. The zero-order chi connectivity index (χ0) is 24.8. The molecule has 7 heteroatoms. The minimum absolute atomic E-state index is 0.0270. The predicted octanol–water partition coefficient (Wildman–Crippen LogP) is 6.46. The van der Waals surface area contributed by atoms with Gasteiger partial charge in [-0.1, -0.05) is 50.1 Å². The van der Waals surface area contributed by atoms with E-state index in [-0.39, 0.29) is 5.88 Å². The third-order valence-electron chi connectivity index (χ3n) is 5.72. The highest BCUT2D eigenvalue weighted by molar-refractivity contribution is 9.10. The van der Waals surface area contributed by atoms with Crippen LogP contribution < -0.4 is 19.9 Å². The van der Waals surface area contributed by atoms with E-state index in [1.165, 1.54) is 0 Å². The van der Waals surface area contributed by atoms with Crippen molar-refractivity contribution >= 4 is 21.9 Å². The number of rotatable bonds is 8. The van der Waals surface area contributed by atoms with E-state index in [1.54, 1.807) is 36.4 Å². The Balaban J connectivity index is 1.59. The second-order valence-corrected chi connectivity index (χ2v) is 8.97. The van der Waals surface area contributed by atoms with Crippen LogP contribution in [0.15, 0.2) is 82.7 Å². The van der Waals surface area contributed by atoms with E-state index in [1.807, 2.05) is 30.3 Å². The summed E-state index contributed by atoms with van der Waals surface area (Å²) in [5, 5.41) is 9.80. The molecule has 3 aromatic rings. The first-order valence-electron chi connectivity index (χ1n) is 11.4. The van der Waals surface area contributed by atoms with E-state index in [4.69, 9.17) is 19.9 Å². The Morgan fingerprint density at radius 1 is 1.09 bits per heavy atom. The highest BCUT2D eigenvalue weighted by Crippen LogP contribution is 2.43. The fraction of sp³-hybridized carbons (Fsp3) is 0.214. The summed E-state index contributed by atoms with van der Waals surface area (Å²) in [5.74, 6) is 0.642. The molecule has 4 rings (SSSR count). The number of nitrogens with zero attached hydrogens (tertiary/aromatic N) is 1. The Bertz CT molecular complexity index is 1300. The van der Waals surface area contributed by atoms with Crippen molar-refractivity contribution < 1.29 is 19.0 Å². The monoisotopic (exact) mass is 532 g/mol. The molecule has 35 heavy (non-hydrogen) atoms. The molecule has 1 unspecified atom stereocenters. The average Bonchev–Trinajstić information content (AvgIpc) is 2.86. The summed E-state index contributed by atoms with van der Waals surface area (Å²) in [6.45, 7) is 2.83. The van der Waals surface area contributed by atoms with Gasteiger partial charge in [0.15, 0.2) is 0 Å². The molecule has 1 heterocycles. The molecule has 0 fully saturated rings. The van der Waals surface area contributed by atoms with Gasteiger partial charge < -0.3 is 19.9 Å². The van der Waals surface area contributed by atoms with Crippen LogP contribution in [0.4, 0.5) is 0 Å². The zero-order valence-electron chi connectivity index (χ0n) is 19.3. The minimum atomic E-state index is -0.500. The third-order valence-corrected chi connectivity index (χ3v) is 6.42. The van der Waals surface area contributed by atoms with Gasteiger partial charge in [0.1, 0.15) is 28.9 Å². The number of halogens is 1. The maximum Gasteiger partial charge on any atom is 0.344 e. The predicted molar refractivity (Wildman–Crippen MR) is 136 cm³/mol. The van der Waals surface area contributed by atoms with Gasteiger partial charge in [-0.3, -0.25) is 0 Å². The number of hydrogen-bond donors (Lipinski definition) is 1. The third kappa shape index (κ3) is 5.50. The molecular weight excluding hydrogens is 508 g/mol. The number of ether oxygens (including phenoxy) is 3. The molecule has 3 aromatic carbocycles. The van der Waals surface area contributed by atoms with Gasteiger partial charge in [0, 0.05) is 16.1 Å². The normalized spacial score (nSPS) is 14.5. The van der Waals surface area contributed by atoms with Crippen LogP contribution in [-0.4, -0.2) is 12.6 Å². The molecular formula is C28H25BrN2O4. The Hall–Kier alpha value is -3.76. The lowest BCUT2D eigenvalue weighted by atomic mass is 9.83. The molecule has 0 amide bonds. The number of carbonyl (C=O) groups is 1. The van der Waals surface area contributed by atoms with Crippen molar-refractivity contribution in [2.24, 2.45) is 5.73 Å². The van der Waals surface area contributed by atoms with Gasteiger partial charge in [-0.05, 0) is 58.2 Å². The van der Waals surface area contributed by atoms with E-state index in [2.05, 4.69) is 28.9 Å². The molecule has 0 saturated heterocycles. The van der Waals surface area contributed by atoms with Crippen LogP contribution in [0.25, 0.3) is 0 Å². The summed E-state index contributed by atoms with van der Waals surface area (Å²) in [7, 11) is 0. The number of unbranched alkanes of at least 4 members (excludes halogenated alkanes) is 2. The lowest BCUT2D eigenvalue weighted by Crippen LogP contribution is -2.21. The summed E-state index contributed by atoms with van der Waals surface area (Å²) in [5.41, 5.74) is 8.49. The van der Waals surface area contributed by atoms with Gasteiger partial charge in [0.25, 0.3) is 0 Å². The smallest absolute Gasteiger partial charge is 0.344 e. The molecule has 1 aliphatic heterocycles. The van der Waals surface area contributed by atoms with Crippen molar-refractivity contribution in [3.63, 3.8) is 0 Å². The van der Waals surface area contributed by atoms with Crippen molar-refractivity contribution in [1.29, 1.82) is 5.26 Å². The van der Waals surface area contributed by atoms with Crippen molar-refractivity contribution in [3.05, 3.63) is 99.3 Å². The number of nitriles is 1. The fourth-order valence-corrected chi connectivity index (χ4v) is 4.38. The first-order chi connectivity index (χ1) is 17.0. The quantitative estimate of drug-likeness (QED) is 0.203. The van der Waals surface area contributed by atoms with Crippen LogP contribution >= 0.6 is 15.9 Å². The van der Waals surface area contributed by atoms with Crippen molar-refractivity contribution in [3.8, 4) is 23.3 Å². The SMILES string of the molecule is CCCCCOc1ccc(C2C(C#N)=C(N)Oc3cc(OC(=O)c4ccccc4Br)ccc32)cc1. The lowest BCUT2D eigenvalue weighted by molar-refractivity contribution is 0.0733. The molecule has 0 saturated carbocycles. The van der Waals surface area contributed by atoms with Crippen LogP contribution in [0.5, 0.6) is 17.2 Å². The van der Waals surface area contributed by atoms with Gasteiger partial charge in [0.2, 0.25) is 5.88 Å². The molecule has 2 N–H and O–H groups in total. The lowest BCUT2D eigenvalue weighted by Gasteiger charge is -2.26. The van der Waals surface area contributed by atoms with E-state index >= 15 is 0 Å². The standard InChI is InChI=1S/C28H25BrN2O4/c1-2-3-6-15-33-19-11-9-18(10-12-19)26-22-14-13-20(16-25(22)35-27(31)23(26)17-30)34-28(32)21-7-4-5-8-24(21)29/h4-5,7-14,16,26H,2-3,6,15,31H2,1H3. The largest absolute Gasteiger partial charge is 0.494 e. The fourth-order valence-electron chi connectivity index (χ4n) is 3.93. The molecule has 1 aliphatic rings. The van der Waals surface area contributed by atoms with E-state index in [0.717, 1.165) is 36.1 Å². The molecule has 6 nitrogen and oxygen atoms in total. The Labute approximate surface area is 213 Å². The number of fused-ring (bicyclic) bond motifs is 1. The van der Waals surface area contributed by atoms with Crippen molar-refractivity contribution in [2.45, 2.75) is 32.1 Å². The Kier molecular flexibility index (Phi) is 7.74. The van der Waals surface area contributed by atoms with Crippen LogP contribution in [0.1, 0.15) is 53.6 Å². The van der Waals surface area contributed by atoms with Gasteiger partial charge in [0.05, 0.1) is 18.1 Å². The van der Waals surface area contributed by atoms with E-state index < -0.39 is 11.9 Å². The highest BCUT2D eigenvalue weighted by Gasteiger charge is 2.31. The number of allylic oxidation sites excluding steroid dienone is 1. The topological polar surface area (TPSA) is 94.6 Å². The van der Waals surface area contributed by atoms with Gasteiger partial charge in [-0.15, -0.1) is 0 Å². The summed E-state index contributed by atoms with van der Waals surface area (Å²) in [4.78, 5) is 12.6. The number of nitrogens with two attached hydrogens (primary N) is 1. The van der Waals surface area contributed by atoms with Crippen molar-refractivity contribution in [1.82, 2.24) is 0 Å². The van der Waals surface area contributed by atoms with Gasteiger partial charge in [-0.25, -0.2) is 4.79 Å².